The zero-order valence-electron chi connectivity index (χ0n) is 8.97. The van der Waals surface area contributed by atoms with Crippen molar-refractivity contribution in [2.24, 2.45) is 0 Å². The van der Waals surface area contributed by atoms with Gasteiger partial charge in [-0.25, -0.2) is 4.98 Å². The van der Waals surface area contributed by atoms with Crippen molar-refractivity contribution in [2.45, 2.75) is 25.3 Å². The van der Waals surface area contributed by atoms with Crippen LogP contribution in [0.4, 0.5) is 5.82 Å². The predicted molar refractivity (Wildman–Crippen MR) is 71.1 cm³/mol. The molecule has 0 aromatic carbocycles. The molecule has 1 aliphatic carbocycles. The Morgan fingerprint density at radius 3 is 2.94 bits per heavy atom. The van der Waals surface area contributed by atoms with Crippen LogP contribution < -0.4 is 10.6 Å². The lowest BCUT2D eigenvalue weighted by molar-refractivity contribution is 0.658. The Kier molecular flexibility index (Phi) is 4.44. The summed E-state index contributed by atoms with van der Waals surface area (Å²) in [6.45, 7) is 1.96. The minimum Gasteiger partial charge on any atom is -0.369 e. The van der Waals surface area contributed by atoms with Crippen LogP contribution in [-0.2, 0) is 0 Å². The maximum Gasteiger partial charge on any atom is 0.144 e. The van der Waals surface area contributed by atoms with Gasteiger partial charge in [-0.2, -0.15) is 0 Å². The smallest absolute Gasteiger partial charge is 0.144 e. The standard InChI is InChI=1S/C11H15BrClN3/c12-8-6-10(13)11(16-7-8)15-5-1-4-14-9-2-3-9/h6-7,9,14H,1-5H2,(H,15,16). The molecule has 0 amide bonds. The first-order valence-corrected chi connectivity index (χ1v) is 6.71. The third-order valence-electron chi connectivity index (χ3n) is 2.46. The summed E-state index contributed by atoms with van der Waals surface area (Å²) in [6.07, 6.45) is 5.52. The van der Waals surface area contributed by atoms with E-state index in [9.17, 15) is 0 Å². The molecule has 0 spiro atoms. The zero-order chi connectivity index (χ0) is 11.4. The van der Waals surface area contributed by atoms with Gasteiger partial charge in [0.1, 0.15) is 5.82 Å². The fourth-order valence-electron chi connectivity index (χ4n) is 1.43. The molecule has 5 heteroatoms. The third-order valence-corrected chi connectivity index (χ3v) is 3.19. The lowest BCUT2D eigenvalue weighted by Gasteiger charge is -2.07. The molecule has 1 heterocycles. The van der Waals surface area contributed by atoms with E-state index in [0.29, 0.717) is 5.02 Å². The van der Waals surface area contributed by atoms with Crippen LogP contribution in [0.5, 0.6) is 0 Å². The van der Waals surface area contributed by atoms with Crippen LogP contribution in [0, 0.1) is 0 Å². The number of pyridine rings is 1. The summed E-state index contributed by atoms with van der Waals surface area (Å²) in [5, 5.41) is 7.35. The molecule has 0 aliphatic heterocycles. The molecule has 16 heavy (non-hydrogen) atoms. The van der Waals surface area contributed by atoms with Crippen LogP contribution >= 0.6 is 27.5 Å². The Morgan fingerprint density at radius 1 is 1.44 bits per heavy atom. The van der Waals surface area contributed by atoms with Crippen LogP contribution in [0.25, 0.3) is 0 Å². The summed E-state index contributed by atoms with van der Waals surface area (Å²) in [7, 11) is 0. The molecule has 2 N–H and O–H groups in total. The molecule has 0 atom stereocenters. The number of hydrogen-bond donors (Lipinski definition) is 2. The Morgan fingerprint density at radius 2 is 2.25 bits per heavy atom. The normalized spacial score (nSPS) is 15.1. The fraction of sp³-hybridized carbons (Fsp3) is 0.545. The molecule has 3 nitrogen and oxygen atoms in total. The quantitative estimate of drug-likeness (QED) is 0.793. The molecular formula is C11H15BrClN3. The monoisotopic (exact) mass is 303 g/mol. The summed E-state index contributed by atoms with van der Waals surface area (Å²) in [5.41, 5.74) is 0. The number of nitrogens with one attached hydrogen (secondary N) is 2. The first-order valence-electron chi connectivity index (χ1n) is 5.54. The molecule has 1 fully saturated rings. The SMILES string of the molecule is Clc1cc(Br)cnc1NCCCNC1CC1. The lowest BCUT2D eigenvalue weighted by Crippen LogP contribution is -2.20. The highest BCUT2D eigenvalue weighted by molar-refractivity contribution is 9.10. The van der Waals surface area contributed by atoms with Gasteiger partial charge in [0.2, 0.25) is 0 Å². The number of hydrogen-bond acceptors (Lipinski definition) is 3. The van der Waals surface area contributed by atoms with E-state index < -0.39 is 0 Å². The number of nitrogens with zero attached hydrogens (tertiary/aromatic N) is 1. The minimum atomic E-state index is 0.657. The van der Waals surface area contributed by atoms with Gasteiger partial charge in [-0.15, -0.1) is 0 Å². The van der Waals surface area contributed by atoms with Crippen LogP contribution in [0.2, 0.25) is 5.02 Å². The van der Waals surface area contributed by atoms with E-state index in [1.54, 1.807) is 6.20 Å². The molecule has 0 saturated heterocycles. The van der Waals surface area contributed by atoms with Crippen molar-refractivity contribution >= 4 is 33.3 Å². The summed E-state index contributed by atoms with van der Waals surface area (Å²) >= 11 is 9.36. The van der Waals surface area contributed by atoms with E-state index in [4.69, 9.17) is 11.6 Å². The van der Waals surface area contributed by atoms with E-state index in [0.717, 1.165) is 35.8 Å². The van der Waals surface area contributed by atoms with Crippen molar-refractivity contribution in [1.29, 1.82) is 0 Å². The second-order valence-corrected chi connectivity index (χ2v) is 5.32. The molecule has 0 unspecified atom stereocenters. The van der Waals surface area contributed by atoms with Gasteiger partial charge < -0.3 is 10.6 Å². The van der Waals surface area contributed by atoms with Crippen LogP contribution in [0.15, 0.2) is 16.7 Å². The average molecular weight is 305 g/mol. The largest absolute Gasteiger partial charge is 0.369 e. The summed E-state index contributed by atoms with van der Waals surface area (Å²) in [4.78, 5) is 4.21. The first-order chi connectivity index (χ1) is 7.75. The summed E-state index contributed by atoms with van der Waals surface area (Å²) < 4.78 is 0.901. The predicted octanol–water partition coefficient (Wildman–Crippen LogP) is 3.05. The molecule has 1 aromatic heterocycles. The Labute approximate surface area is 109 Å². The number of rotatable bonds is 6. The lowest BCUT2D eigenvalue weighted by atomic mass is 10.4. The van der Waals surface area contributed by atoms with Gasteiger partial charge in [0.15, 0.2) is 0 Å². The fourth-order valence-corrected chi connectivity index (χ4v) is 2.13. The molecule has 1 aliphatic rings. The van der Waals surface area contributed by atoms with E-state index in [2.05, 4.69) is 31.5 Å². The highest BCUT2D eigenvalue weighted by Crippen LogP contribution is 2.22. The maximum absolute atomic E-state index is 6.03. The van der Waals surface area contributed by atoms with Crippen molar-refractivity contribution < 1.29 is 0 Å². The second-order valence-electron chi connectivity index (χ2n) is 3.99. The highest BCUT2D eigenvalue weighted by Gasteiger charge is 2.19. The number of halogens is 2. The van der Waals surface area contributed by atoms with Gasteiger partial charge in [-0.1, -0.05) is 11.6 Å². The van der Waals surface area contributed by atoms with Crippen molar-refractivity contribution in [3.63, 3.8) is 0 Å². The van der Waals surface area contributed by atoms with Crippen molar-refractivity contribution in [1.82, 2.24) is 10.3 Å². The molecule has 1 saturated carbocycles. The number of anilines is 1. The van der Waals surface area contributed by atoms with Crippen LogP contribution in [0.3, 0.4) is 0 Å². The van der Waals surface area contributed by atoms with Crippen molar-refractivity contribution in [3.05, 3.63) is 21.8 Å². The highest BCUT2D eigenvalue weighted by atomic mass is 79.9. The van der Waals surface area contributed by atoms with Crippen LogP contribution in [0.1, 0.15) is 19.3 Å². The molecular weight excluding hydrogens is 289 g/mol. The maximum atomic E-state index is 6.03. The first kappa shape index (κ1) is 12.1. The van der Waals surface area contributed by atoms with Gasteiger partial charge in [0, 0.05) is 23.3 Å². The van der Waals surface area contributed by atoms with Gasteiger partial charge in [-0.05, 0) is 47.8 Å². The zero-order valence-corrected chi connectivity index (χ0v) is 11.3. The molecule has 1 aromatic rings. The van der Waals surface area contributed by atoms with Crippen molar-refractivity contribution in [2.75, 3.05) is 18.4 Å². The van der Waals surface area contributed by atoms with Crippen molar-refractivity contribution in [3.8, 4) is 0 Å². The summed E-state index contributed by atoms with van der Waals surface area (Å²) in [5.74, 6) is 0.760. The molecule has 0 bridgehead atoms. The Balaban J connectivity index is 1.67. The second kappa shape index (κ2) is 5.84. The van der Waals surface area contributed by atoms with E-state index in [1.165, 1.54) is 12.8 Å². The van der Waals surface area contributed by atoms with Gasteiger partial charge in [-0.3, -0.25) is 0 Å². The van der Waals surface area contributed by atoms with E-state index in [-0.39, 0.29) is 0 Å². The van der Waals surface area contributed by atoms with E-state index >= 15 is 0 Å². The Bertz CT molecular complexity index is 355. The van der Waals surface area contributed by atoms with Crippen LogP contribution in [-0.4, -0.2) is 24.1 Å². The number of aromatic nitrogens is 1. The third kappa shape index (κ3) is 3.92. The van der Waals surface area contributed by atoms with Gasteiger partial charge in [0.25, 0.3) is 0 Å². The molecule has 0 radical (unpaired) electrons. The molecule has 2 rings (SSSR count). The van der Waals surface area contributed by atoms with E-state index in [1.807, 2.05) is 6.07 Å². The summed E-state index contributed by atoms with van der Waals surface area (Å²) in [6, 6.07) is 2.63. The average Bonchev–Trinajstić information content (AvgIpc) is 3.04. The van der Waals surface area contributed by atoms with Gasteiger partial charge in [0.05, 0.1) is 5.02 Å². The minimum absolute atomic E-state index is 0.657. The van der Waals surface area contributed by atoms with Gasteiger partial charge >= 0.3 is 0 Å². The molecule has 88 valence electrons. The Hall–Kier alpha value is -0.320. The topological polar surface area (TPSA) is 37.0 Å².